The van der Waals surface area contributed by atoms with Gasteiger partial charge in [0.25, 0.3) is 0 Å². The number of amides is 2. The van der Waals surface area contributed by atoms with Gasteiger partial charge in [-0.2, -0.15) is 0 Å². The predicted octanol–water partition coefficient (Wildman–Crippen LogP) is 6.76. The van der Waals surface area contributed by atoms with Gasteiger partial charge in [-0.1, -0.05) is 73.1 Å². The molecule has 220 valence electrons. The van der Waals surface area contributed by atoms with E-state index in [0.29, 0.717) is 27.2 Å². The summed E-state index contributed by atoms with van der Waals surface area (Å²) in [6, 6.07) is 9.66. The number of aryl methyl sites for hydroxylation is 1. The van der Waals surface area contributed by atoms with E-state index in [1.807, 2.05) is 13.8 Å². The normalized spacial score (nSPS) is 14.9. The fourth-order valence-corrected chi connectivity index (χ4v) is 6.63. The first-order valence-electron chi connectivity index (χ1n) is 13.7. The quantitative estimate of drug-likeness (QED) is 0.281. The average molecular weight is 631 g/mol. The zero-order chi connectivity index (χ0) is 29.4. The van der Waals surface area contributed by atoms with Gasteiger partial charge in [0.2, 0.25) is 21.8 Å². The number of nitrogens with one attached hydrogen (secondary N) is 1. The van der Waals surface area contributed by atoms with Crippen LogP contribution in [-0.2, 0) is 26.2 Å². The molecule has 0 aliphatic heterocycles. The van der Waals surface area contributed by atoms with Crippen molar-refractivity contribution in [3.05, 3.63) is 62.6 Å². The summed E-state index contributed by atoms with van der Waals surface area (Å²) in [6.45, 7) is 3.96. The molecular weight excluding hydrogens is 593 g/mol. The van der Waals surface area contributed by atoms with Crippen LogP contribution < -0.4 is 9.62 Å². The second-order valence-electron chi connectivity index (χ2n) is 10.4. The average Bonchev–Trinajstić information content (AvgIpc) is 2.90. The molecule has 2 amide bonds. The molecule has 7 nitrogen and oxygen atoms in total. The van der Waals surface area contributed by atoms with Crippen molar-refractivity contribution in [1.29, 1.82) is 0 Å². The lowest BCUT2D eigenvalue weighted by molar-refractivity contribution is -0.141. The molecule has 3 rings (SSSR count). The van der Waals surface area contributed by atoms with E-state index in [4.69, 9.17) is 34.8 Å². The van der Waals surface area contributed by atoms with Gasteiger partial charge >= 0.3 is 0 Å². The van der Waals surface area contributed by atoms with E-state index in [1.165, 1.54) is 10.7 Å². The van der Waals surface area contributed by atoms with Crippen LogP contribution in [0.5, 0.6) is 0 Å². The first-order valence-corrected chi connectivity index (χ1v) is 16.7. The number of carbonyl (C=O) groups is 2. The van der Waals surface area contributed by atoms with Gasteiger partial charge in [0.15, 0.2) is 0 Å². The molecule has 0 spiro atoms. The SMILES string of the molecule is CCC(C(=O)NC1CCCCC1)N(Cc1ccc(Cl)c(Cl)c1)C(=O)CCCN(c1cc(Cl)ccc1C)S(C)(=O)=O. The van der Waals surface area contributed by atoms with Crippen LogP contribution in [-0.4, -0.2) is 50.0 Å². The molecule has 1 saturated carbocycles. The highest BCUT2D eigenvalue weighted by atomic mass is 35.5. The van der Waals surface area contributed by atoms with Gasteiger partial charge in [0.05, 0.1) is 22.0 Å². The first kappa shape index (κ1) is 32.5. The highest BCUT2D eigenvalue weighted by Gasteiger charge is 2.30. The summed E-state index contributed by atoms with van der Waals surface area (Å²) in [5.74, 6) is -0.414. The second kappa shape index (κ2) is 14.8. The Hall–Kier alpha value is -2.00. The Labute approximate surface area is 253 Å². The van der Waals surface area contributed by atoms with Crippen molar-refractivity contribution in [2.45, 2.75) is 83.8 Å². The molecule has 0 bridgehead atoms. The number of nitrogens with zero attached hydrogens (tertiary/aromatic N) is 2. The van der Waals surface area contributed by atoms with Crippen molar-refractivity contribution in [2.75, 3.05) is 17.1 Å². The van der Waals surface area contributed by atoms with Gasteiger partial charge in [-0.25, -0.2) is 8.42 Å². The van der Waals surface area contributed by atoms with Crippen LogP contribution in [0.2, 0.25) is 15.1 Å². The van der Waals surface area contributed by atoms with Crippen LogP contribution in [0.25, 0.3) is 0 Å². The molecule has 0 radical (unpaired) electrons. The minimum atomic E-state index is -3.63. The van der Waals surface area contributed by atoms with Crippen molar-refractivity contribution in [3.63, 3.8) is 0 Å². The molecule has 11 heteroatoms. The second-order valence-corrected chi connectivity index (χ2v) is 13.6. The number of rotatable bonds is 12. The van der Waals surface area contributed by atoms with Crippen molar-refractivity contribution < 1.29 is 18.0 Å². The highest BCUT2D eigenvalue weighted by molar-refractivity contribution is 7.92. The lowest BCUT2D eigenvalue weighted by Gasteiger charge is -2.33. The van der Waals surface area contributed by atoms with Crippen LogP contribution in [0.1, 0.15) is 69.4 Å². The molecule has 2 aromatic rings. The summed E-state index contributed by atoms with van der Waals surface area (Å²) >= 11 is 18.5. The topological polar surface area (TPSA) is 86.8 Å². The van der Waals surface area contributed by atoms with Crippen LogP contribution in [0, 0.1) is 6.92 Å². The van der Waals surface area contributed by atoms with Crippen LogP contribution in [0.15, 0.2) is 36.4 Å². The largest absolute Gasteiger partial charge is 0.352 e. The van der Waals surface area contributed by atoms with Crippen molar-refractivity contribution >= 4 is 62.3 Å². The van der Waals surface area contributed by atoms with Crippen LogP contribution >= 0.6 is 34.8 Å². The zero-order valence-electron chi connectivity index (χ0n) is 23.3. The van der Waals surface area contributed by atoms with E-state index in [1.54, 1.807) is 41.3 Å². The number of carbonyl (C=O) groups excluding carboxylic acids is 2. The molecule has 1 aliphatic carbocycles. The molecule has 1 N–H and O–H groups in total. The van der Waals surface area contributed by atoms with E-state index in [0.717, 1.165) is 43.1 Å². The number of benzene rings is 2. The number of hydrogen-bond acceptors (Lipinski definition) is 4. The number of hydrogen-bond donors (Lipinski definition) is 1. The Morgan fingerprint density at radius 1 is 1.02 bits per heavy atom. The molecule has 0 aromatic heterocycles. The number of sulfonamides is 1. The highest BCUT2D eigenvalue weighted by Crippen LogP contribution is 2.28. The summed E-state index contributed by atoms with van der Waals surface area (Å²) in [5, 5.41) is 4.36. The number of anilines is 1. The van der Waals surface area contributed by atoms with Crippen molar-refractivity contribution in [1.82, 2.24) is 10.2 Å². The fraction of sp³-hybridized carbons (Fsp3) is 0.517. The monoisotopic (exact) mass is 629 g/mol. The van der Waals surface area contributed by atoms with E-state index in [-0.39, 0.29) is 43.8 Å². The van der Waals surface area contributed by atoms with Gasteiger partial charge in [-0.05, 0) is 68.0 Å². The van der Waals surface area contributed by atoms with Gasteiger partial charge in [0.1, 0.15) is 6.04 Å². The van der Waals surface area contributed by atoms with Crippen molar-refractivity contribution in [3.8, 4) is 0 Å². The van der Waals surface area contributed by atoms with Gasteiger partial charge < -0.3 is 10.2 Å². The standard InChI is InChI=1S/C29H38Cl3N3O4S/c1-4-26(29(37)33-23-9-6-5-7-10-23)34(19-21-13-15-24(31)25(32)17-21)28(36)11-8-16-35(40(3,38)39)27-18-22(30)14-12-20(27)2/h12-15,17-18,23,26H,4-11,16,19H2,1-3H3,(H,33,37). The lowest BCUT2D eigenvalue weighted by atomic mass is 9.95. The Kier molecular flexibility index (Phi) is 12.0. The molecule has 1 atom stereocenters. The Balaban J connectivity index is 1.80. The summed E-state index contributed by atoms with van der Waals surface area (Å²) in [5.41, 5.74) is 1.99. The Morgan fingerprint density at radius 2 is 1.73 bits per heavy atom. The smallest absolute Gasteiger partial charge is 0.243 e. The van der Waals surface area contributed by atoms with Gasteiger partial charge in [-0.3, -0.25) is 13.9 Å². The summed E-state index contributed by atoms with van der Waals surface area (Å²) in [7, 11) is -3.63. The molecule has 2 aromatic carbocycles. The minimum absolute atomic E-state index is 0.0557. The molecule has 1 fully saturated rings. The third kappa shape index (κ3) is 9.00. The van der Waals surface area contributed by atoms with Crippen molar-refractivity contribution in [2.24, 2.45) is 0 Å². The van der Waals surface area contributed by atoms with Crippen LogP contribution in [0.3, 0.4) is 0 Å². The molecule has 0 saturated heterocycles. The zero-order valence-corrected chi connectivity index (χ0v) is 26.3. The third-order valence-electron chi connectivity index (χ3n) is 7.27. The van der Waals surface area contributed by atoms with E-state index >= 15 is 0 Å². The molecule has 40 heavy (non-hydrogen) atoms. The maximum absolute atomic E-state index is 13.7. The van der Waals surface area contributed by atoms with E-state index < -0.39 is 16.1 Å². The molecule has 1 unspecified atom stereocenters. The summed E-state index contributed by atoms with van der Waals surface area (Å²) in [4.78, 5) is 28.7. The maximum atomic E-state index is 13.7. The third-order valence-corrected chi connectivity index (χ3v) is 9.42. The van der Waals surface area contributed by atoms with E-state index in [9.17, 15) is 18.0 Å². The van der Waals surface area contributed by atoms with Gasteiger partial charge in [0, 0.05) is 30.6 Å². The number of halogens is 3. The summed E-state index contributed by atoms with van der Waals surface area (Å²) < 4.78 is 26.6. The summed E-state index contributed by atoms with van der Waals surface area (Å²) in [6.07, 6.45) is 7.09. The van der Waals surface area contributed by atoms with E-state index in [2.05, 4.69) is 5.32 Å². The fourth-order valence-electron chi connectivity index (χ4n) is 5.13. The van der Waals surface area contributed by atoms with Gasteiger partial charge in [-0.15, -0.1) is 0 Å². The Bertz CT molecular complexity index is 1300. The molecule has 0 heterocycles. The minimum Gasteiger partial charge on any atom is -0.352 e. The predicted molar refractivity (Wildman–Crippen MR) is 164 cm³/mol. The Morgan fingerprint density at radius 3 is 2.35 bits per heavy atom. The maximum Gasteiger partial charge on any atom is 0.243 e. The first-order chi connectivity index (χ1) is 18.9. The van der Waals surface area contributed by atoms with Crippen LogP contribution in [0.4, 0.5) is 5.69 Å². The molecule has 1 aliphatic rings. The lowest BCUT2D eigenvalue weighted by Crippen LogP contribution is -2.51. The molecular formula is C29H38Cl3N3O4S.